The molecule has 0 aromatic heterocycles. The highest BCUT2D eigenvalue weighted by molar-refractivity contribution is 6.22. The van der Waals surface area contributed by atoms with Crippen LogP contribution in [0.25, 0.3) is 0 Å². The lowest BCUT2D eigenvalue weighted by atomic mass is 10.0. The quantitative estimate of drug-likeness (QED) is 0.545. The zero-order valence-corrected chi connectivity index (χ0v) is 18.1. The summed E-state index contributed by atoms with van der Waals surface area (Å²) in [5.74, 6) is -2.30. The van der Waals surface area contributed by atoms with Crippen molar-refractivity contribution in [2.45, 2.75) is 40.2 Å². The van der Waals surface area contributed by atoms with Gasteiger partial charge >= 0.3 is 5.97 Å². The van der Waals surface area contributed by atoms with Crippen LogP contribution in [0.15, 0.2) is 42.5 Å². The van der Waals surface area contributed by atoms with Crippen molar-refractivity contribution in [3.63, 3.8) is 0 Å². The molecule has 3 amide bonds. The van der Waals surface area contributed by atoms with Crippen molar-refractivity contribution in [3.05, 3.63) is 64.7 Å². The molecule has 1 atom stereocenters. The van der Waals surface area contributed by atoms with Crippen LogP contribution in [0, 0.1) is 19.8 Å². The second kappa shape index (κ2) is 9.12. The smallest absolute Gasteiger partial charge is 0.329 e. The third-order valence-corrected chi connectivity index (χ3v) is 5.33. The first-order valence-corrected chi connectivity index (χ1v) is 10.2. The predicted molar refractivity (Wildman–Crippen MR) is 116 cm³/mol. The number of imide groups is 1. The van der Waals surface area contributed by atoms with Crippen LogP contribution in [0.5, 0.6) is 0 Å². The molecular formula is C24H26N2O5. The van der Waals surface area contributed by atoms with Crippen LogP contribution in [0.2, 0.25) is 0 Å². The van der Waals surface area contributed by atoms with Gasteiger partial charge in [0, 0.05) is 5.69 Å². The minimum Gasteiger partial charge on any atom is -0.454 e. The average molecular weight is 422 g/mol. The van der Waals surface area contributed by atoms with Gasteiger partial charge in [0.1, 0.15) is 6.04 Å². The molecule has 1 N–H and O–H groups in total. The first-order valence-electron chi connectivity index (χ1n) is 10.2. The normalized spacial score (nSPS) is 13.9. The number of nitrogens with zero attached hydrogens (tertiary/aromatic N) is 1. The summed E-state index contributed by atoms with van der Waals surface area (Å²) >= 11 is 0. The van der Waals surface area contributed by atoms with Crippen molar-refractivity contribution in [1.29, 1.82) is 0 Å². The Labute approximate surface area is 181 Å². The topological polar surface area (TPSA) is 92.8 Å². The van der Waals surface area contributed by atoms with Gasteiger partial charge in [-0.1, -0.05) is 38.1 Å². The molecule has 2 aromatic carbocycles. The van der Waals surface area contributed by atoms with Crippen LogP contribution in [-0.4, -0.2) is 41.2 Å². The van der Waals surface area contributed by atoms with E-state index in [1.165, 1.54) is 0 Å². The predicted octanol–water partition coefficient (Wildman–Crippen LogP) is 3.50. The van der Waals surface area contributed by atoms with Crippen molar-refractivity contribution in [2.24, 2.45) is 5.92 Å². The standard InChI is InChI=1S/C24H26N2O5/c1-14(2)12-20(26-22(28)17-9-5-6-10-18(17)23(26)29)24(30)31-13-21(27)25-19-11-7-8-15(3)16(19)4/h5-11,14,20H,12-13H2,1-4H3,(H,25,27). The van der Waals surface area contributed by atoms with Crippen molar-refractivity contribution in [3.8, 4) is 0 Å². The summed E-state index contributed by atoms with van der Waals surface area (Å²) in [6.45, 7) is 7.07. The number of fused-ring (bicyclic) bond motifs is 1. The van der Waals surface area contributed by atoms with Gasteiger partial charge in [0.15, 0.2) is 6.61 Å². The second-order valence-electron chi connectivity index (χ2n) is 8.07. The van der Waals surface area contributed by atoms with Crippen LogP contribution >= 0.6 is 0 Å². The highest BCUT2D eigenvalue weighted by Crippen LogP contribution is 2.27. The third kappa shape index (κ3) is 4.66. The molecule has 162 valence electrons. The van der Waals surface area contributed by atoms with Gasteiger partial charge in [-0.3, -0.25) is 19.3 Å². The Kier molecular flexibility index (Phi) is 6.53. The number of esters is 1. The number of hydrogen-bond donors (Lipinski definition) is 1. The number of carbonyl (C=O) groups is 4. The molecule has 0 aliphatic carbocycles. The number of amides is 3. The molecule has 0 bridgehead atoms. The molecule has 31 heavy (non-hydrogen) atoms. The number of benzene rings is 2. The molecule has 1 unspecified atom stereocenters. The summed E-state index contributed by atoms with van der Waals surface area (Å²) in [6, 6.07) is 10.9. The molecule has 1 aliphatic heterocycles. The van der Waals surface area contributed by atoms with Crippen molar-refractivity contribution in [1.82, 2.24) is 4.90 Å². The van der Waals surface area contributed by atoms with Crippen molar-refractivity contribution < 1.29 is 23.9 Å². The van der Waals surface area contributed by atoms with Gasteiger partial charge in [-0.15, -0.1) is 0 Å². The average Bonchev–Trinajstić information content (AvgIpc) is 2.98. The number of anilines is 1. The lowest BCUT2D eigenvalue weighted by Gasteiger charge is -2.25. The molecule has 7 nitrogen and oxygen atoms in total. The first kappa shape index (κ1) is 22.2. The molecule has 0 fully saturated rings. The third-order valence-electron chi connectivity index (χ3n) is 5.33. The maximum absolute atomic E-state index is 12.8. The lowest BCUT2D eigenvalue weighted by Crippen LogP contribution is -2.46. The Hall–Kier alpha value is -3.48. The summed E-state index contributed by atoms with van der Waals surface area (Å²) in [5, 5.41) is 2.72. The highest BCUT2D eigenvalue weighted by atomic mass is 16.5. The Morgan fingerprint density at radius 3 is 2.16 bits per heavy atom. The number of ether oxygens (including phenoxy) is 1. The van der Waals surface area contributed by atoms with Gasteiger partial charge < -0.3 is 10.1 Å². The van der Waals surface area contributed by atoms with E-state index >= 15 is 0 Å². The van der Waals surface area contributed by atoms with Crippen LogP contribution in [0.4, 0.5) is 5.69 Å². The van der Waals surface area contributed by atoms with E-state index < -0.39 is 36.3 Å². The van der Waals surface area contributed by atoms with E-state index in [-0.39, 0.29) is 23.5 Å². The minimum atomic E-state index is -1.10. The van der Waals surface area contributed by atoms with Crippen molar-refractivity contribution >= 4 is 29.4 Å². The van der Waals surface area contributed by atoms with E-state index in [4.69, 9.17) is 4.74 Å². The summed E-state index contributed by atoms with van der Waals surface area (Å²) < 4.78 is 5.22. The molecule has 7 heteroatoms. The van der Waals surface area contributed by atoms with E-state index in [1.54, 1.807) is 30.3 Å². The van der Waals surface area contributed by atoms with Gasteiger partial charge in [-0.25, -0.2) is 4.79 Å². The largest absolute Gasteiger partial charge is 0.454 e. The Bertz CT molecular complexity index is 1010. The fourth-order valence-electron chi connectivity index (χ4n) is 3.55. The maximum atomic E-state index is 12.8. The number of carbonyl (C=O) groups excluding carboxylic acids is 4. The molecule has 0 saturated heterocycles. The molecule has 0 saturated carbocycles. The number of aryl methyl sites for hydroxylation is 1. The van der Waals surface area contributed by atoms with E-state index in [2.05, 4.69) is 5.32 Å². The lowest BCUT2D eigenvalue weighted by molar-refractivity contribution is -0.151. The number of hydrogen-bond acceptors (Lipinski definition) is 5. The Balaban J connectivity index is 1.71. The van der Waals surface area contributed by atoms with E-state index in [1.807, 2.05) is 39.8 Å². The van der Waals surface area contributed by atoms with Gasteiger partial charge in [0.2, 0.25) is 0 Å². The van der Waals surface area contributed by atoms with Gasteiger partial charge in [0.05, 0.1) is 11.1 Å². The van der Waals surface area contributed by atoms with E-state index in [9.17, 15) is 19.2 Å². The van der Waals surface area contributed by atoms with Crippen LogP contribution in [0.1, 0.15) is 52.1 Å². The molecule has 3 rings (SSSR count). The van der Waals surface area contributed by atoms with Crippen LogP contribution in [0.3, 0.4) is 0 Å². The highest BCUT2D eigenvalue weighted by Gasteiger charge is 2.43. The Morgan fingerprint density at radius 2 is 1.58 bits per heavy atom. The first-order chi connectivity index (χ1) is 14.7. The SMILES string of the molecule is Cc1cccc(NC(=O)COC(=O)C(CC(C)C)N2C(=O)c3ccccc3C2=O)c1C. The van der Waals surface area contributed by atoms with Crippen LogP contribution in [-0.2, 0) is 14.3 Å². The van der Waals surface area contributed by atoms with Gasteiger partial charge in [-0.2, -0.15) is 0 Å². The second-order valence-corrected chi connectivity index (χ2v) is 8.07. The molecular weight excluding hydrogens is 396 g/mol. The number of nitrogens with one attached hydrogen (secondary N) is 1. The molecule has 0 radical (unpaired) electrons. The zero-order valence-electron chi connectivity index (χ0n) is 18.1. The monoisotopic (exact) mass is 422 g/mol. The molecule has 2 aromatic rings. The summed E-state index contributed by atoms with van der Waals surface area (Å²) in [7, 11) is 0. The number of rotatable bonds is 7. The van der Waals surface area contributed by atoms with E-state index in [0.29, 0.717) is 5.69 Å². The van der Waals surface area contributed by atoms with Crippen LogP contribution < -0.4 is 5.32 Å². The zero-order chi connectivity index (χ0) is 22.7. The summed E-state index contributed by atoms with van der Waals surface area (Å²) in [4.78, 5) is 51.7. The van der Waals surface area contributed by atoms with Gasteiger partial charge in [0.25, 0.3) is 17.7 Å². The van der Waals surface area contributed by atoms with Gasteiger partial charge in [-0.05, 0) is 55.5 Å². The molecule has 1 heterocycles. The fraction of sp³-hybridized carbons (Fsp3) is 0.333. The molecule has 0 spiro atoms. The van der Waals surface area contributed by atoms with Crippen molar-refractivity contribution in [2.75, 3.05) is 11.9 Å². The maximum Gasteiger partial charge on any atom is 0.329 e. The van der Waals surface area contributed by atoms with E-state index in [0.717, 1.165) is 16.0 Å². The minimum absolute atomic E-state index is 0.0191. The Morgan fingerprint density at radius 1 is 0.968 bits per heavy atom. The molecule has 1 aliphatic rings. The fourth-order valence-corrected chi connectivity index (χ4v) is 3.55. The summed E-state index contributed by atoms with van der Waals surface area (Å²) in [6.07, 6.45) is 0.239. The summed E-state index contributed by atoms with van der Waals surface area (Å²) in [5.41, 5.74) is 3.12.